The van der Waals surface area contributed by atoms with Gasteiger partial charge in [0.05, 0.1) is 0 Å². The fourth-order valence-corrected chi connectivity index (χ4v) is 2.76. The monoisotopic (exact) mass is 243 g/mol. The van der Waals surface area contributed by atoms with E-state index in [9.17, 15) is 4.79 Å². The molecule has 1 aromatic rings. The molecular weight excluding hydrogens is 222 g/mol. The zero-order valence-corrected chi connectivity index (χ0v) is 11.4. The number of nitrogens with one attached hydrogen (secondary N) is 1. The van der Waals surface area contributed by atoms with E-state index in [4.69, 9.17) is 0 Å². The maximum absolute atomic E-state index is 11.3. The second kappa shape index (κ2) is 5.38. The zero-order valence-electron chi connectivity index (χ0n) is 11.4. The maximum Gasteiger partial charge on any atom is 0.217 e. The van der Waals surface area contributed by atoms with Gasteiger partial charge in [0.1, 0.15) is 0 Å². The predicted octanol–water partition coefficient (Wildman–Crippen LogP) is 3.41. The molecule has 0 radical (unpaired) electrons. The molecule has 0 aromatic heterocycles. The van der Waals surface area contributed by atoms with Crippen LogP contribution in [0.5, 0.6) is 0 Å². The molecule has 2 rings (SSSR count). The summed E-state index contributed by atoms with van der Waals surface area (Å²) >= 11 is 0. The van der Waals surface area contributed by atoms with Crippen molar-refractivity contribution in [1.29, 1.82) is 0 Å². The average molecular weight is 243 g/mol. The molecule has 1 N–H and O–H groups in total. The summed E-state index contributed by atoms with van der Waals surface area (Å²) in [5.74, 6) is 0.465. The third kappa shape index (κ3) is 2.81. The minimum absolute atomic E-state index is 0.0632. The van der Waals surface area contributed by atoms with Crippen LogP contribution in [-0.4, -0.2) is 11.9 Å². The van der Waals surface area contributed by atoms with Crippen LogP contribution in [-0.2, 0) is 4.79 Å². The lowest BCUT2D eigenvalue weighted by atomic mass is 9.77. The van der Waals surface area contributed by atoms with Gasteiger partial charge < -0.3 is 5.32 Å². The predicted molar refractivity (Wildman–Crippen MR) is 74.4 cm³/mol. The summed E-state index contributed by atoms with van der Waals surface area (Å²) in [6.07, 6.45) is 2.01. The second-order valence-electron chi connectivity index (χ2n) is 5.29. The first-order valence-corrected chi connectivity index (χ1v) is 6.55. The summed E-state index contributed by atoms with van der Waals surface area (Å²) in [4.78, 5) is 11.3. The van der Waals surface area contributed by atoms with Crippen molar-refractivity contribution in [3.63, 3.8) is 0 Å². The molecule has 2 atom stereocenters. The van der Waals surface area contributed by atoms with Gasteiger partial charge in [-0.25, -0.2) is 0 Å². The number of carbonyl (C=O) groups is 1. The van der Waals surface area contributed by atoms with Gasteiger partial charge in [0, 0.05) is 18.9 Å². The largest absolute Gasteiger partial charge is 0.353 e. The van der Waals surface area contributed by atoms with Crippen LogP contribution in [0.15, 0.2) is 41.5 Å². The Morgan fingerprint density at radius 2 is 1.72 bits per heavy atom. The molecule has 2 heteroatoms. The smallest absolute Gasteiger partial charge is 0.217 e. The molecule has 1 amide bonds. The average Bonchev–Trinajstić information content (AvgIpc) is 2.34. The molecule has 0 spiro atoms. The Kier molecular flexibility index (Phi) is 3.85. The van der Waals surface area contributed by atoms with E-state index in [1.54, 1.807) is 6.92 Å². The molecule has 18 heavy (non-hydrogen) atoms. The number of hydrogen-bond donors (Lipinski definition) is 1. The van der Waals surface area contributed by atoms with Crippen LogP contribution in [0.3, 0.4) is 0 Å². The quantitative estimate of drug-likeness (QED) is 0.792. The molecule has 0 saturated carbocycles. The van der Waals surface area contributed by atoms with Crippen molar-refractivity contribution in [2.45, 2.75) is 45.6 Å². The molecule has 0 saturated heterocycles. The summed E-state index contributed by atoms with van der Waals surface area (Å²) < 4.78 is 0. The standard InChI is InChI=1S/C16H21NO/c1-11-9-15(14-7-5-4-6-8-14)16(10-12(11)2)17-13(3)18/h4-8,15-16H,9-10H2,1-3H3,(H,17,18)/t15-,16-/m1/s1. The molecule has 1 aliphatic rings. The van der Waals surface area contributed by atoms with E-state index < -0.39 is 0 Å². The van der Waals surface area contributed by atoms with Crippen molar-refractivity contribution < 1.29 is 4.79 Å². The summed E-state index contributed by atoms with van der Waals surface area (Å²) in [5.41, 5.74) is 4.20. The van der Waals surface area contributed by atoms with E-state index in [1.807, 2.05) is 6.07 Å². The summed E-state index contributed by atoms with van der Waals surface area (Å²) in [6.45, 7) is 5.98. The van der Waals surface area contributed by atoms with Gasteiger partial charge in [-0.05, 0) is 32.3 Å². The van der Waals surface area contributed by atoms with E-state index in [2.05, 4.69) is 43.4 Å². The number of carbonyl (C=O) groups excluding carboxylic acids is 1. The van der Waals surface area contributed by atoms with Crippen LogP contribution < -0.4 is 5.32 Å². The second-order valence-corrected chi connectivity index (χ2v) is 5.29. The Bertz CT molecular complexity index is 461. The van der Waals surface area contributed by atoms with Crippen molar-refractivity contribution in [2.75, 3.05) is 0 Å². The summed E-state index contributed by atoms with van der Waals surface area (Å²) in [6, 6.07) is 10.7. The lowest BCUT2D eigenvalue weighted by molar-refractivity contribution is -0.119. The molecule has 96 valence electrons. The molecule has 1 aliphatic carbocycles. The minimum Gasteiger partial charge on any atom is -0.353 e. The van der Waals surface area contributed by atoms with Gasteiger partial charge >= 0.3 is 0 Å². The van der Waals surface area contributed by atoms with Crippen molar-refractivity contribution >= 4 is 5.91 Å². The van der Waals surface area contributed by atoms with E-state index >= 15 is 0 Å². The van der Waals surface area contributed by atoms with Crippen molar-refractivity contribution in [2.24, 2.45) is 0 Å². The SMILES string of the molecule is CC(=O)N[C@@H]1CC(C)=C(C)C[C@@H]1c1ccccc1. The highest BCUT2D eigenvalue weighted by Gasteiger charge is 2.28. The Morgan fingerprint density at radius 1 is 1.11 bits per heavy atom. The van der Waals surface area contributed by atoms with Crippen LogP contribution in [0.1, 0.15) is 45.1 Å². The van der Waals surface area contributed by atoms with E-state index in [-0.39, 0.29) is 11.9 Å². The lowest BCUT2D eigenvalue weighted by Crippen LogP contribution is -2.40. The van der Waals surface area contributed by atoms with Gasteiger partial charge in [-0.1, -0.05) is 41.5 Å². The van der Waals surface area contributed by atoms with E-state index in [0.29, 0.717) is 5.92 Å². The first-order chi connectivity index (χ1) is 8.58. The minimum atomic E-state index is 0.0632. The van der Waals surface area contributed by atoms with Crippen molar-refractivity contribution in [3.8, 4) is 0 Å². The first kappa shape index (κ1) is 12.9. The van der Waals surface area contributed by atoms with Gasteiger partial charge in [-0.2, -0.15) is 0 Å². The topological polar surface area (TPSA) is 29.1 Å². The third-order valence-electron chi connectivity index (χ3n) is 3.88. The highest BCUT2D eigenvalue weighted by Crippen LogP contribution is 2.36. The zero-order chi connectivity index (χ0) is 13.1. The van der Waals surface area contributed by atoms with Gasteiger partial charge in [0.15, 0.2) is 0 Å². The van der Waals surface area contributed by atoms with Crippen molar-refractivity contribution in [1.82, 2.24) is 5.32 Å². The fraction of sp³-hybridized carbons (Fsp3) is 0.438. The molecular formula is C16H21NO. The fourth-order valence-electron chi connectivity index (χ4n) is 2.76. The number of allylic oxidation sites excluding steroid dienone is 1. The molecule has 0 bridgehead atoms. The van der Waals surface area contributed by atoms with Crippen LogP contribution in [0, 0.1) is 0 Å². The van der Waals surface area contributed by atoms with Gasteiger partial charge in [-0.15, -0.1) is 0 Å². The van der Waals surface area contributed by atoms with Crippen LogP contribution in [0.2, 0.25) is 0 Å². The highest BCUT2D eigenvalue weighted by atomic mass is 16.1. The van der Waals surface area contributed by atoms with E-state index in [1.165, 1.54) is 16.7 Å². The lowest BCUT2D eigenvalue weighted by Gasteiger charge is -2.34. The third-order valence-corrected chi connectivity index (χ3v) is 3.88. The Labute approximate surface area is 109 Å². The first-order valence-electron chi connectivity index (χ1n) is 6.55. The van der Waals surface area contributed by atoms with E-state index in [0.717, 1.165) is 12.8 Å². The highest BCUT2D eigenvalue weighted by molar-refractivity contribution is 5.73. The molecule has 0 unspecified atom stereocenters. The van der Waals surface area contributed by atoms with Gasteiger partial charge in [-0.3, -0.25) is 4.79 Å². The molecule has 0 aliphatic heterocycles. The number of benzene rings is 1. The summed E-state index contributed by atoms with van der Waals surface area (Å²) in [7, 11) is 0. The molecule has 1 aromatic carbocycles. The Morgan fingerprint density at radius 3 is 2.33 bits per heavy atom. The molecule has 0 fully saturated rings. The number of hydrogen-bond acceptors (Lipinski definition) is 1. The Hall–Kier alpha value is -1.57. The molecule has 0 heterocycles. The Balaban J connectivity index is 2.28. The summed E-state index contributed by atoms with van der Waals surface area (Å²) in [5, 5.41) is 3.11. The van der Waals surface area contributed by atoms with Crippen LogP contribution in [0.4, 0.5) is 0 Å². The number of rotatable bonds is 2. The van der Waals surface area contributed by atoms with Crippen LogP contribution in [0.25, 0.3) is 0 Å². The van der Waals surface area contributed by atoms with Crippen molar-refractivity contribution in [3.05, 3.63) is 47.0 Å². The maximum atomic E-state index is 11.3. The van der Waals surface area contributed by atoms with Gasteiger partial charge in [0.2, 0.25) is 5.91 Å². The normalized spacial score (nSPS) is 23.9. The van der Waals surface area contributed by atoms with Crippen LogP contribution >= 0.6 is 0 Å². The van der Waals surface area contributed by atoms with Gasteiger partial charge in [0.25, 0.3) is 0 Å². The number of amides is 1. The molecule has 2 nitrogen and oxygen atoms in total.